The summed E-state index contributed by atoms with van der Waals surface area (Å²) < 4.78 is 2.98. The number of thiophene rings is 1. The molecule has 1 N–H and O–H groups in total. The fourth-order valence-corrected chi connectivity index (χ4v) is 4.54. The lowest BCUT2D eigenvalue weighted by Crippen LogP contribution is -2.29. The van der Waals surface area contributed by atoms with Crippen molar-refractivity contribution in [1.82, 2.24) is 19.3 Å². The van der Waals surface area contributed by atoms with E-state index >= 15 is 0 Å². The van der Waals surface area contributed by atoms with Crippen LogP contribution in [0.5, 0.6) is 0 Å². The van der Waals surface area contributed by atoms with Gasteiger partial charge in [-0.05, 0) is 36.4 Å². The third-order valence-corrected chi connectivity index (χ3v) is 6.66. The molecule has 0 radical (unpaired) electrons. The van der Waals surface area contributed by atoms with Gasteiger partial charge in [0.25, 0.3) is 11.5 Å². The van der Waals surface area contributed by atoms with Gasteiger partial charge in [0.2, 0.25) is 5.78 Å². The van der Waals surface area contributed by atoms with Crippen molar-refractivity contribution in [2.45, 2.75) is 33.9 Å². The van der Waals surface area contributed by atoms with Crippen LogP contribution in [0.2, 0.25) is 4.34 Å². The largest absolute Gasteiger partial charge is 0.365 e. The predicted octanol–water partition coefficient (Wildman–Crippen LogP) is 4.87. The number of nitriles is 1. The number of rotatable bonds is 7. The van der Waals surface area contributed by atoms with Crippen molar-refractivity contribution in [3.8, 4) is 17.3 Å². The molecule has 4 rings (SSSR count). The maximum Gasteiger partial charge on any atom is 0.261 e. The van der Waals surface area contributed by atoms with Gasteiger partial charge >= 0.3 is 0 Å². The molecule has 0 atom stereocenters. The Kier molecular flexibility index (Phi) is 7.38. The number of Topliss-reactive ketones (excluding diaryl/α,β-unsaturated/α-hetero) is 1. The molecular weight excluding hydrogens is 512 g/mol. The minimum Gasteiger partial charge on any atom is -0.365 e. The van der Waals surface area contributed by atoms with Crippen LogP contribution in [0.25, 0.3) is 11.3 Å². The molecule has 4 aromatic heterocycles. The lowest BCUT2D eigenvalue weighted by Gasteiger charge is -2.18. The quantitative estimate of drug-likeness (QED) is 0.335. The normalized spacial score (nSPS) is 11.2. The van der Waals surface area contributed by atoms with Crippen LogP contribution in [0.4, 0.5) is 5.82 Å². The number of carbonyl (C=O) groups is 2. The molecule has 0 saturated heterocycles. The van der Waals surface area contributed by atoms with Gasteiger partial charge in [-0.15, -0.1) is 11.3 Å². The molecule has 37 heavy (non-hydrogen) atoms. The summed E-state index contributed by atoms with van der Waals surface area (Å²) >= 11 is 7.44. The topological polar surface area (TPSA) is 123 Å². The minimum absolute atomic E-state index is 0.0242. The Morgan fingerprint density at radius 2 is 1.95 bits per heavy atom. The molecule has 0 fully saturated rings. The molecule has 0 bridgehead atoms. The van der Waals surface area contributed by atoms with Crippen LogP contribution >= 0.6 is 22.9 Å². The molecule has 0 unspecified atom stereocenters. The van der Waals surface area contributed by atoms with E-state index in [1.165, 1.54) is 34.3 Å². The first-order valence-electron chi connectivity index (χ1n) is 11.3. The summed E-state index contributed by atoms with van der Waals surface area (Å²) in [5.74, 6) is -0.286. The zero-order valence-electron chi connectivity index (χ0n) is 20.4. The Morgan fingerprint density at radius 3 is 2.57 bits per heavy atom. The van der Waals surface area contributed by atoms with Crippen LogP contribution in [0, 0.1) is 16.7 Å². The molecule has 0 aliphatic heterocycles. The van der Waals surface area contributed by atoms with Gasteiger partial charge in [0.15, 0.2) is 0 Å². The molecular formula is C26H23ClN6O3S. The van der Waals surface area contributed by atoms with E-state index in [2.05, 4.69) is 15.4 Å². The van der Waals surface area contributed by atoms with Crippen molar-refractivity contribution in [2.24, 2.45) is 5.41 Å². The Balaban J connectivity index is 1.75. The highest BCUT2D eigenvalue weighted by atomic mass is 35.5. The van der Waals surface area contributed by atoms with Crippen molar-refractivity contribution >= 4 is 40.4 Å². The number of ketones is 1. The van der Waals surface area contributed by atoms with Gasteiger partial charge in [-0.2, -0.15) is 15.0 Å². The van der Waals surface area contributed by atoms with Crippen LogP contribution in [0.15, 0.2) is 59.5 Å². The van der Waals surface area contributed by atoms with Gasteiger partial charge in [-0.25, -0.2) is 0 Å². The van der Waals surface area contributed by atoms with Crippen molar-refractivity contribution in [1.29, 1.82) is 5.26 Å². The summed E-state index contributed by atoms with van der Waals surface area (Å²) in [4.78, 5) is 44.4. The Hall–Kier alpha value is -4.07. The fourth-order valence-electron chi connectivity index (χ4n) is 3.52. The first-order chi connectivity index (χ1) is 17.6. The molecule has 188 valence electrons. The number of hydrogen-bond acceptors (Lipinski definition) is 8. The monoisotopic (exact) mass is 534 g/mol. The van der Waals surface area contributed by atoms with Gasteiger partial charge in [0.1, 0.15) is 29.0 Å². The van der Waals surface area contributed by atoms with E-state index in [0.717, 1.165) is 9.44 Å². The summed E-state index contributed by atoms with van der Waals surface area (Å²) in [7, 11) is 0. The van der Waals surface area contributed by atoms with Crippen molar-refractivity contribution in [2.75, 3.05) is 5.32 Å². The molecule has 4 heterocycles. The highest BCUT2D eigenvalue weighted by Gasteiger charge is 2.28. The summed E-state index contributed by atoms with van der Waals surface area (Å²) in [6.07, 6.45) is 1.48. The van der Waals surface area contributed by atoms with Crippen LogP contribution in [0.1, 0.15) is 46.6 Å². The number of carbonyl (C=O) groups excluding carboxylic acids is 2. The summed E-state index contributed by atoms with van der Waals surface area (Å²) in [5, 5.41) is 17.2. The number of nitrogens with zero attached hydrogens (tertiary/aromatic N) is 5. The number of nitrogens with one attached hydrogen (secondary N) is 1. The van der Waals surface area contributed by atoms with Crippen LogP contribution in [0.3, 0.4) is 0 Å². The van der Waals surface area contributed by atoms with E-state index in [0.29, 0.717) is 16.7 Å². The van der Waals surface area contributed by atoms with Gasteiger partial charge in [0.05, 0.1) is 23.0 Å². The van der Waals surface area contributed by atoms with E-state index in [4.69, 9.17) is 11.6 Å². The Bertz CT molecular complexity index is 1570. The Labute approximate surface area is 222 Å². The van der Waals surface area contributed by atoms with E-state index in [9.17, 15) is 19.6 Å². The molecule has 0 amide bonds. The maximum absolute atomic E-state index is 13.5. The molecule has 9 nitrogen and oxygen atoms in total. The number of anilines is 1. The third-order valence-electron chi connectivity index (χ3n) is 5.43. The maximum atomic E-state index is 13.5. The average Bonchev–Trinajstić information content (AvgIpc) is 3.49. The molecule has 0 aliphatic carbocycles. The average molecular weight is 535 g/mol. The number of aromatic nitrogens is 4. The summed E-state index contributed by atoms with van der Waals surface area (Å²) in [6, 6.07) is 15.0. The molecule has 0 aliphatic rings. The smallest absolute Gasteiger partial charge is 0.261 e. The van der Waals surface area contributed by atoms with E-state index in [-0.39, 0.29) is 35.1 Å². The van der Waals surface area contributed by atoms with Crippen molar-refractivity contribution in [3.63, 3.8) is 0 Å². The van der Waals surface area contributed by atoms with Crippen LogP contribution in [-0.2, 0) is 13.1 Å². The lowest BCUT2D eigenvalue weighted by molar-refractivity contribution is 0.0752. The second-order valence-electron chi connectivity index (χ2n) is 9.21. The van der Waals surface area contributed by atoms with E-state index in [1.54, 1.807) is 51.1 Å². The zero-order valence-corrected chi connectivity index (χ0v) is 21.9. The third kappa shape index (κ3) is 5.69. The number of halogens is 1. The van der Waals surface area contributed by atoms with Gasteiger partial charge in [-0.1, -0.05) is 38.4 Å². The zero-order chi connectivity index (χ0) is 26.7. The minimum atomic E-state index is -0.744. The fraction of sp³-hybridized carbons (Fsp3) is 0.231. The predicted molar refractivity (Wildman–Crippen MR) is 142 cm³/mol. The Morgan fingerprint density at radius 1 is 1.16 bits per heavy atom. The SMILES string of the molecule is CC(C)(C)C(=O)n1nc(-c2ccc(C#N)n(CC(=O)c3ccccn3)c2=O)cc1NCc1ccc(Cl)s1. The van der Waals surface area contributed by atoms with Crippen LogP contribution in [-0.4, -0.2) is 31.0 Å². The first-order valence-corrected chi connectivity index (χ1v) is 12.5. The molecule has 0 aromatic carbocycles. The van der Waals surface area contributed by atoms with E-state index < -0.39 is 16.8 Å². The second kappa shape index (κ2) is 10.5. The van der Waals surface area contributed by atoms with Crippen molar-refractivity contribution < 1.29 is 9.59 Å². The van der Waals surface area contributed by atoms with E-state index in [1.807, 2.05) is 12.1 Å². The molecule has 0 spiro atoms. The first kappa shape index (κ1) is 26.0. The van der Waals surface area contributed by atoms with Gasteiger partial charge in [0, 0.05) is 22.6 Å². The highest BCUT2D eigenvalue weighted by Crippen LogP contribution is 2.27. The lowest BCUT2D eigenvalue weighted by atomic mass is 9.96. The van der Waals surface area contributed by atoms with Gasteiger partial charge < -0.3 is 5.32 Å². The molecule has 4 aromatic rings. The standard InChI is InChI=1S/C26H23ClN6O3S/c1-26(2,3)25(36)33-23(30-14-17-8-10-22(27)37-17)12-20(31-33)18-9-7-16(13-28)32(24(18)35)15-21(34)19-6-4-5-11-29-19/h4-12,30H,14-15H2,1-3H3. The number of pyridine rings is 2. The highest BCUT2D eigenvalue weighted by molar-refractivity contribution is 7.16. The van der Waals surface area contributed by atoms with Crippen molar-refractivity contribution in [3.05, 3.63) is 85.7 Å². The summed E-state index contributed by atoms with van der Waals surface area (Å²) in [5.41, 5.74) is -0.729. The second-order valence-corrected chi connectivity index (χ2v) is 11.0. The van der Waals surface area contributed by atoms with Crippen LogP contribution < -0.4 is 10.9 Å². The van der Waals surface area contributed by atoms with Gasteiger partial charge in [-0.3, -0.25) is 23.9 Å². The molecule has 0 saturated carbocycles. The number of hydrogen-bond donors (Lipinski definition) is 1. The summed E-state index contributed by atoms with van der Waals surface area (Å²) in [6.45, 7) is 5.36. The molecule has 11 heteroatoms.